The van der Waals surface area contributed by atoms with Gasteiger partial charge in [-0.2, -0.15) is 0 Å². The molecule has 0 aromatic rings. The molecule has 3 unspecified atom stereocenters. The van der Waals surface area contributed by atoms with Crippen molar-refractivity contribution in [2.75, 3.05) is 0 Å². The maximum absolute atomic E-state index is 10.6. The Kier molecular flexibility index (Phi) is 1.89. The van der Waals surface area contributed by atoms with Gasteiger partial charge in [-0.25, -0.2) is 0 Å². The Labute approximate surface area is 71.4 Å². The molecule has 1 aliphatic rings. The van der Waals surface area contributed by atoms with Crippen molar-refractivity contribution in [3.63, 3.8) is 0 Å². The lowest BCUT2D eigenvalue weighted by molar-refractivity contribution is -0.139. The Hall–Kier alpha value is -1.01. The highest BCUT2D eigenvalue weighted by Gasteiger charge is 2.64. The summed E-state index contributed by atoms with van der Waals surface area (Å²) >= 11 is 0. The molecule has 1 saturated carbocycles. The number of hydrogen-bond acceptors (Lipinski definition) is 2. The van der Waals surface area contributed by atoms with Crippen molar-refractivity contribution in [1.29, 1.82) is 0 Å². The van der Waals surface area contributed by atoms with Crippen LogP contribution in [0.15, 0.2) is 0 Å². The van der Waals surface area contributed by atoms with E-state index in [1.165, 1.54) is 0 Å². The SMILES string of the molecule is C#CC(O)C1C(C(=O)O)C1(C)C. The summed E-state index contributed by atoms with van der Waals surface area (Å²) in [5.41, 5.74) is -0.363. The van der Waals surface area contributed by atoms with Crippen LogP contribution in [0.2, 0.25) is 0 Å². The minimum Gasteiger partial charge on any atom is -0.481 e. The second kappa shape index (κ2) is 2.49. The van der Waals surface area contributed by atoms with Gasteiger partial charge in [0.15, 0.2) is 0 Å². The van der Waals surface area contributed by atoms with E-state index in [0.29, 0.717) is 0 Å². The van der Waals surface area contributed by atoms with Crippen molar-refractivity contribution >= 4 is 5.97 Å². The van der Waals surface area contributed by atoms with Crippen molar-refractivity contribution in [2.24, 2.45) is 17.3 Å². The van der Waals surface area contributed by atoms with E-state index in [4.69, 9.17) is 11.5 Å². The van der Waals surface area contributed by atoms with Gasteiger partial charge in [-0.3, -0.25) is 4.79 Å². The van der Waals surface area contributed by atoms with Gasteiger partial charge in [0.1, 0.15) is 6.10 Å². The van der Waals surface area contributed by atoms with E-state index in [9.17, 15) is 9.90 Å². The lowest BCUT2D eigenvalue weighted by atomic mass is 10.1. The van der Waals surface area contributed by atoms with Crippen LogP contribution in [0.3, 0.4) is 0 Å². The molecule has 0 saturated heterocycles. The molecule has 12 heavy (non-hydrogen) atoms. The smallest absolute Gasteiger partial charge is 0.307 e. The summed E-state index contributed by atoms with van der Waals surface area (Å²) in [5.74, 6) is 0.496. The van der Waals surface area contributed by atoms with Gasteiger partial charge in [0.2, 0.25) is 0 Å². The third-order valence-electron chi connectivity index (χ3n) is 2.69. The fourth-order valence-corrected chi connectivity index (χ4v) is 1.84. The molecule has 0 aromatic heterocycles. The summed E-state index contributed by atoms with van der Waals surface area (Å²) in [4.78, 5) is 10.6. The molecule has 66 valence electrons. The molecule has 1 aliphatic carbocycles. The molecule has 3 nitrogen and oxygen atoms in total. The fraction of sp³-hybridized carbons (Fsp3) is 0.667. The molecule has 3 heteroatoms. The van der Waals surface area contributed by atoms with E-state index in [1.807, 2.05) is 0 Å². The minimum atomic E-state index is -0.930. The zero-order valence-corrected chi connectivity index (χ0v) is 7.11. The Morgan fingerprint density at radius 1 is 1.67 bits per heavy atom. The van der Waals surface area contributed by atoms with Crippen LogP contribution in [-0.4, -0.2) is 22.3 Å². The van der Waals surface area contributed by atoms with Crippen molar-refractivity contribution in [1.82, 2.24) is 0 Å². The van der Waals surface area contributed by atoms with Gasteiger partial charge in [-0.1, -0.05) is 19.8 Å². The van der Waals surface area contributed by atoms with Gasteiger partial charge in [0.25, 0.3) is 0 Å². The van der Waals surface area contributed by atoms with Gasteiger partial charge in [0, 0.05) is 5.92 Å². The highest BCUT2D eigenvalue weighted by Crippen LogP contribution is 2.59. The van der Waals surface area contributed by atoms with Crippen molar-refractivity contribution in [2.45, 2.75) is 20.0 Å². The van der Waals surface area contributed by atoms with E-state index in [1.54, 1.807) is 13.8 Å². The first kappa shape index (κ1) is 9.08. The third-order valence-corrected chi connectivity index (χ3v) is 2.69. The number of rotatable bonds is 2. The number of hydrogen-bond donors (Lipinski definition) is 2. The number of aliphatic hydroxyl groups is 1. The van der Waals surface area contributed by atoms with Crippen molar-refractivity contribution in [3.8, 4) is 12.3 Å². The second-order valence-electron chi connectivity index (χ2n) is 3.77. The van der Waals surface area contributed by atoms with Gasteiger partial charge in [-0.05, 0) is 5.41 Å². The molecule has 2 N–H and O–H groups in total. The lowest BCUT2D eigenvalue weighted by Crippen LogP contribution is -2.11. The number of carbonyl (C=O) groups is 1. The average molecular weight is 168 g/mol. The molecule has 3 atom stereocenters. The molecule has 0 heterocycles. The van der Waals surface area contributed by atoms with Crippen LogP contribution in [-0.2, 0) is 4.79 Å². The molecule has 0 aromatic carbocycles. The first-order valence-corrected chi connectivity index (χ1v) is 3.80. The Morgan fingerprint density at radius 2 is 2.17 bits per heavy atom. The number of terminal acetylenes is 1. The normalized spacial score (nSPS) is 33.5. The highest BCUT2D eigenvalue weighted by atomic mass is 16.4. The van der Waals surface area contributed by atoms with E-state index in [-0.39, 0.29) is 11.3 Å². The summed E-state index contributed by atoms with van der Waals surface area (Å²) in [6, 6.07) is 0. The molecular weight excluding hydrogens is 156 g/mol. The molecule has 0 amide bonds. The summed E-state index contributed by atoms with van der Waals surface area (Å²) in [5, 5.41) is 18.0. The molecular formula is C9H12O3. The lowest BCUT2D eigenvalue weighted by Gasteiger charge is -2.02. The summed E-state index contributed by atoms with van der Waals surface area (Å²) in [6.45, 7) is 3.61. The first-order chi connectivity index (χ1) is 5.42. The van der Waals surface area contributed by atoms with Crippen molar-refractivity contribution in [3.05, 3.63) is 0 Å². The largest absolute Gasteiger partial charge is 0.481 e. The standard InChI is InChI=1S/C9H12O3/c1-4-5(10)6-7(8(11)12)9(6,2)3/h1,5-7,10H,2-3H3,(H,11,12). The fourth-order valence-electron chi connectivity index (χ4n) is 1.84. The summed E-state index contributed by atoms with van der Waals surface area (Å²) in [7, 11) is 0. The van der Waals surface area contributed by atoms with E-state index < -0.39 is 18.0 Å². The van der Waals surface area contributed by atoms with Crippen LogP contribution < -0.4 is 0 Å². The number of carboxylic acid groups (broad SMARTS) is 1. The van der Waals surface area contributed by atoms with Gasteiger partial charge >= 0.3 is 5.97 Å². The number of aliphatic carboxylic acids is 1. The maximum Gasteiger partial charge on any atom is 0.307 e. The maximum atomic E-state index is 10.6. The van der Waals surface area contributed by atoms with E-state index in [2.05, 4.69) is 5.92 Å². The Bertz CT molecular complexity index is 249. The van der Waals surface area contributed by atoms with Crippen LogP contribution in [0.5, 0.6) is 0 Å². The Balaban J connectivity index is 2.74. The zero-order chi connectivity index (χ0) is 9.52. The van der Waals surface area contributed by atoms with Crippen LogP contribution in [0, 0.1) is 29.6 Å². The van der Waals surface area contributed by atoms with Gasteiger partial charge in [-0.15, -0.1) is 6.42 Å². The van der Waals surface area contributed by atoms with Crippen molar-refractivity contribution < 1.29 is 15.0 Å². The second-order valence-corrected chi connectivity index (χ2v) is 3.77. The summed E-state index contributed by atoms with van der Waals surface area (Å²) in [6.07, 6.45) is 4.07. The number of aliphatic hydroxyl groups excluding tert-OH is 1. The Morgan fingerprint density at radius 3 is 2.42 bits per heavy atom. The van der Waals surface area contributed by atoms with Crippen LogP contribution in [0.25, 0.3) is 0 Å². The first-order valence-electron chi connectivity index (χ1n) is 3.80. The zero-order valence-electron chi connectivity index (χ0n) is 7.11. The monoisotopic (exact) mass is 168 g/mol. The van der Waals surface area contributed by atoms with Crippen LogP contribution in [0.4, 0.5) is 0 Å². The van der Waals surface area contributed by atoms with Gasteiger partial charge < -0.3 is 10.2 Å². The molecule has 0 bridgehead atoms. The molecule has 1 fully saturated rings. The van der Waals surface area contributed by atoms with E-state index >= 15 is 0 Å². The molecule has 0 radical (unpaired) electrons. The van der Waals surface area contributed by atoms with E-state index in [0.717, 1.165) is 0 Å². The molecule has 1 rings (SSSR count). The quantitative estimate of drug-likeness (QED) is 0.584. The molecule has 0 aliphatic heterocycles. The highest BCUT2D eigenvalue weighted by molar-refractivity contribution is 5.75. The minimum absolute atomic E-state index is 0.292. The van der Waals surface area contributed by atoms with Gasteiger partial charge in [0.05, 0.1) is 5.92 Å². The third kappa shape index (κ3) is 1.09. The average Bonchev–Trinajstić information content (AvgIpc) is 2.52. The van der Waals surface area contributed by atoms with Crippen LogP contribution in [0.1, 0.15) is 13.8 Å². The predicted octanol–water partition coefficient (Wildman–Crippen LogP) is 0.337. The number of carboxylic acids is 1. The predicted molar refractivity (Wildman–Crippen MR) is 43.2 cm³/mol. The summed E-state index contributed by atoms with van der Waals surface area (Å²) < 4.78 is 0. The topological polar surface area (TPSA) is 57.5 Å². The molecule has 0 spiro atoms. The van der Waals surface area contributed by atoms with Crippen LogP contribution >= 0.6 is 0 Å².